The second kappa shape index (κ2) is 8.63. The molecule has 2 N–H and O–H groups in total. The number of nitro benzene ring substituents is 1. The number of nitro groups is 1. The second-order valence-corrected chi connectivity index (χ2v) is 8.64. The van der Waals surface area contributed by atoms with Gasteiger partial charge >= 0.3 is 6.09 Å². The number of sulfonamides is 1. The van der Waals surface area contributed by atoms with Crippen molar-refractivity contribution in [2.24, 2.45) is 0 Å². The topological polar surface area (TPSA) is 130 Å². The maximum Gasteiger partial charge on any atom is 0.405 e. The Morgan fingerprint density at radius 2 is 2.00 bits per heavy atom. The van der Waals surface area contributed by atoms with Gasteiger partial charge in [0, 0.05) is 24.1 Å². The van der Waals surface area contributed by atoms with Gasteiger partial charge in [0.2, 0.25) is 10.0 Å². The summed E-state index contributed by atoms with van der Waals surface area (Å²) in [5, 5.41) is 22.3. The molecule has 1 unspecified atom stereocenters. The third-order valence-corrected chi connectivity index (χ3v) is 6.10. The standard InChI is InChI=1S/C16H15BrFN3O6S/c1-20(28(26,27)15-5-3-2-4-14(15)21(24)25)9-13(19-16(22)23)10-6-11(17)8-12(18)7-10/h2-8,13,19H,9H2,1H3,(H,22,23). The van der Waals surface area contributed by atoms with Crippen molar-refractivity contribution in [2.75, 3.05) is 13.6 Å². The van der Waals surface area contributed by atoms with Crippen LogP contribution in [0.3, 0.4) is 0 Å². The molecule has 9 nitrogen and oxygen atoms in total. The molecule has 2 aromatic carbocycles. The van der Waals surface area contributed by atoms with Crippen LogP contribution in [0.4, 0.5) is 14.9 Å². The molecule has 12 heteroatoms. The first-order valence-corrected chi connectivity index (χ1v) is 9.91. The highest BCUT2D eigenvalue weighted by molar-refractivity contribution is 9.10. The summed E-state index contributed by atoms with van der Waals surface area (Å²) in [5.41, 5.74) is -0.426. The minimum Gasteiger partial charge on any atom is -0.465 e. The van der Waals surface area contributed by atoms with Crippen molar-refractivity contribution in [3.8, 4) is 0 Å². The van der Waals surface area contributed by atoms with Gasteiger partial charge in [0.1, 0.15) is 5.82 Å². The molecule has 0 bridgehead atoms. The highest BCUT2D eigenvalue weighted by atomic mass is 79.9. The number of carboxylic acid groups (broad SMARTS) is 1. The minimum atomic E-state index is -4.32. The number of nitrogens with one attached hydrogen (secondary N) is 1. The van der Waals surface area contributed by atoms with Crippen LogP contribution in [0.1, 0.15) is 11.6 Å². The van der Waals surface area contributed by atoms with Gasteiger partial charge in [0.15, 0.2) is 4.90 Å². The summed E-state index contributed by atoms with van der Waals surface area (Å²) in [4.78, 5) is 20.9. The van der Waals surface area contributed by atoms with Crippen LogP contribution in [0.5, 0.6) is 0 Å². The lowest BCUT2D eigenvalue weighted by Gasteiger charge is -2.24. The van der Waals surface area contributed by atoms with Crippen LogP contribution in [0.15, 0.2) is 51.8 Å². The predicted molar refractivity (Wildman–Crippen MR) is 101 cm³/mol. The first-order valence-electron chi connectivity index (χ1n) is 7.67. The van der Waals surface area contributed by atoms with E-state index in [2.05, 4.69) is 21.2 Å². The number of benzene rings is 2. The number of rotatable bonds is 7. The summed E-state index contributed by atoms with van der Waals surface area (Å²) in [5.74, 6) is -0.647. The normalized spacial score (nSPS) is 12.6. The predicted octanol–water partition coefficient (Wildman–Crippen LogP) is 3.13. The molecule has 0 saturated carbocycles. The highest BCUT2D eigenvalue weighted by Gasteiger charge is 2.31. The zero-order chi connectivity index (χ0) is 21.1. The number of para-hydroxylation sites is 1. The summed E-state index contributed by atoms with van der Waals surface area (Å²) in [6, 6.07) is 7.36. The second-order valence-electron chi connectivity index (χ2n) is 5.72. The van der Waals surface area contributed by atoms with Gasteiger partial charge < -0.3 is 10.4 Å². The number of hydrogen-bond acceptors (Lipinski definition) is 5. The monoisotopic (exact) mass is 475 g/mol. The Labute approximate surface area is 168 Å². The van der Waals surface area contributed by atoms with E-state index in [9.17, 15) is 27.7 Å². The molecule has 0 aliphatic carbocycles. The summed E-state index contributed by atoms with van der Waals surface area (Å²) < 4.78 is 40.4. The molecule has 0 saturated heterocycles. The van der Waals surface area contributed by atoms with Crippen molar-refractivity contribution < 1.29 is 27.6 Å². The van der Waals surface area contributed by atoms with Crippen molar-refractivity contribution in [3.05, 3.63) is 68.4 Å². The molecule has 0 fully saturated rings. The smallest absolute Gasteiger partial charge is 0.405 e. The van der Waals surface area contributed by atoms with E-state index in [0.29, 0.717) is 4.47 Å². The molecule has 1 amide bonds. The third kappa shape index (κ3) is 5.03. The first-order chi connectivity index (χ1) is 13.0. The summed E-state index contributed by atoms with van der Waals surface area (Å²) in [6.07, 6.45) is -1.44. The van der Waals surface area contributed by atoms with Gasteiger partial charge in [-0.25, -0.2) is 17.6 Å². The van der Waals surface area contributed by atoms with Crippen LogP contribution < -0.4 is 5.32 Å². The van der Waals surface area contributed by atoms with Crippen molar-refractivity contribution in [1.82, 2.24) is 9.62 Å². The number of likely N-dealkylation sites (N-methyl/N-ethyl adjacent to an activating group) is 1. The lowest BCUT2D eigenvalue weighted by molar-refractivity contribution is -0.387. The molecule has 150 valence electrons. The van der Waals surface area contributed by atoms with Gasteiger partial charge in [0.25, 0.3) is 5.69 Å². The first kappa shape index (κ1) is 21.7. The van der Waals surface area contributed by atoms with Crippen LogP contribution in [0, 0.1) is 15.9 Å². The average molecular weight is 476 g/mol. The Bertz CT molecular complexity index is 997. The van der Waals surface area contributed by atoms with Crippen LogP contribution in [0.2, 0.25) is 0 Å². The Morgan fingerprint density at radius 1 is 1.36 bits per heavy atom. The molecule has 0 heterocycles. The fourth-order valence-electron chi connectivity index (χ4n) is 2.51. The third-order valence-electron chi connectivity index (χ3n) is 3.77. The summed E-state index contributed by atoms with van der Waals surface area (Å²) in [6.45, 7) is -0.420. The van der Waals surface area contributed by atoms with Crippen LogP contribution in [-0.2, 0) is 10.0 Å². The van der Waals surface area contributed by atoms with E-state index in [0.717, 1.165) is 35.6 Å². The molecular weight excluding hydrogens is 461 g/mol. The average Bonchev–Trinajstić information content (AvgIpc) is 2.59. The molecule has 1 atom stereocenters. The van der Waals surface area contributed by atoms with E-state index in [-0.39, 0.29) is 5.56 Å². The lowest BCUT2D eigenvalue weighted by atomic mass is 10.1. The quantitative estimate of drug-likeness (QED) is 0.467. The molecule has 28 heavy (non-hydrogen) atoms. The van der Waals surface area contributed by atoms with E-state index in [1.54, 1.807) is 0 Å². The minimum absolute atomic E-state index is 0.180. The van der Waals surface area contributed by atoms with Gasteiger partial charge in [-0.3, -0.25) is 10.1 Å². The molecule has 0 spiro atoms. The molecule has 2 aromatic rings. The number of hydrogen-bond donors (Lipinski definition) is 2. The molecule has 0 radical (unpaired) electrons. The maximum atomic E-state index is 13.7. The number of carbonyl (C=O) groups is 1. The lowest BCUT2D eigenvalue weighted by Crippen LogP contribution is -2.38. The van der Waals surface area contributed by atoms with Crippen molar-refractivity contribution in [2.45, 2.75) is 10.9 Å². The summed E-state index contributed by atoms with van der Waals surface area (Å²) >= 11 is 3.09. The van der Waals surface area contributed by atoms with Gasteiger partial charge in [0.05, 0.1) is 11.0 Å². The van der Waals surface area contributed by atoms with Crippen molar-refractivity contribution in [3.63, 3.8) is 0 Å². The number of halogens is 2. The largest absolute Gasteiger partial charge is 0.465 e. The SMILES string of the molecule is CN(CC(NC(=O)O)c1cc(F)cc(Br)c1)S(=O)(=O)c1ccccc1[N+](=O)[O-]. The van der Waals surface area contributed by atoms with E-state index >= 15 is 0 Å². The number of amides is 1. The Balaban J connectivity index is 2.41. The number of nitrogens with zero attached hydrogens (tertiary/aromatic N) is 2. The van der Waals surface area contributed by atoms with Crippen molar-refractivity contribution in [1.29, 1.82) is 0 Å². The summed E-state index contributed by atoms with van der Waals surface area (Å²) in [7, 11) is -3.17. The Morgan fingerprint density at radius 3 is 2.57 bits per heavy atom. The van der Waals surface area contributed by atoms with Gasteiger partial charge in [-0.1, -0.05) is 28.1 Å². The van der Waals surface area contributed by atoms with Crippen LogP contribution >= 0.6 is 15.9 Å². The molecule has 0 aliphatic heterocycles. The zero-order valence-corrected chi connectivity index (χ0v) is 16.8. The Hall–Kier alpha value is -2.57. The Kier molecular flexibility index (Phi) is 6.69. The van der Waals surface area contributed by atoms with E-state index in [4.69, 9.17) is 5.11 Å². The maximum absolute atomic E-state index is 13.7. The highest BCUT2D eigenvalue weighted by Crippen LogP contribution is 2.28. The molecular formula is C16H15BrFN3O6S. The van der Waals surface area contributed by atoms with Gasteiger partial charge in [-0.15, -0.1) is 0 Å². The van der Waals surface area contributed by atoms with Gasteiger partial charge in [-0.05, 0) is 29.8 Å². The van der Waals surface area contributed by atoms with E-state index in [1.807, 2.05) is 0 Å². The molecule has 2 rings (SSSR count). The van der Waals surface area contributed by atoms with Crippen LogP contribution in [0.25, 0.3) is 0 Å². The fourth-order valence-corrected chi connectivity index (χ4v) is 4.33. The molecule has 0 aliphatic rings. The van der Waals surface area contributed by atoms with Crippen LogP contribution in [-0.4, -0.2) is 42.4 Å². The van der Waals surface area contributed by atoms with Gasteiger partial charge in [-0.2, -0.15) is 4.31 Å². The fraction of sp³-hybridized carbons (Fsp3) is 0.188. The zero-order valence-electron chi connectivity index (χ0n) is 14.4. The molecule has 0 aromatic heterocycles. The van der Waals surface area contributed by atoms with E-state index < -0.39 is 50.0 Å². The van der Waals surface area contributed by atoms with Crippen molar-refractivity contribution >= 4 is 37.7 Å². The van der Waals surface area contributed by atoms with E-state index in [1.165, 1.54) is 18.2 Å².